The molecule has 0 aliphatic carbocycles. The van der Waals surface area contributed by atoms with E-state index in [1.54, 1.807) is 66.9 Å². The van der Waals surface area contributed by atoms with Gasteiger partial charge in [-0.15, -0.1) is 0 Å². The van der Waals surface area contributed by atoms with Crippen LogP contribution in [0.4, 0.5) is 11.4 Å². The largest absolute Gasteiger partial charge is 0.375 e. The Morgan fingerprint density at radius 1 is 1.04 bits per heavy atom. The smallest absolute Gasteiger partial charge is 0.243 e. The molecule has 3 aromatic rings. The topological polar surface area (TPSA) is 88.2 Å². The van der Waals surface area contributed by atoms with E-state index >= 15 is 0 Å². The second kappa shape index (κ2) is 8.49. The van der Waals surface area contributed by atoms with E-state index in [2.05, 4.69) is 38.2 Å². The van der Waals surface area contributed by atoms with Crippen LogP contribution in [-0.2, 0) is 14.6 Å². The molecule has 0 aliphatic heterocycles. The number of nitrogens with one attached hydrogen (secondary N) is 2. The minimum absolute atomic E-state index is 0.0766. The van der Waals surface area contributed by atoms with E-state index in [1.807, 2.05) is 0 Å². The second-order valence-electron chi connectivity index (χ2n) is 5.60. The highest BCUT2D eigenvalue weighted by Gasteiger charge is 2.22. The number of aromatic nitrogens is 1. The maximum absolute atomic E-state index is 13.0. The normalized spacial score (nSPS) is 11.0. The fraction of sp³-hybridized carbons (Fsp3) is 0.0526. The molecule has 8 heteroatoms. The molecule has 1 amide bonds. The quantitative estimate of drug-likeness (QED) is 0.513. The minimum Gasteiger partial charge on any atom is -0.375 e. The highest BCUT2D eigenvalue weighted by molar-refractivity contribution is 14.1. The Labute approximate surface area is 171 Å². The summed E-state index contributed by atoms with van der Waals surface area (Å²) >= 11 is 2.06. The molecular formula is C19H16IN3O3S. The summed E-state index contributed by atoms with van der Waals surface area (Å²) in [7, 11) is -3.71. The molecule has 0 aliphatic rings. The number of hydrogen-bond acceptors (Lipinski definition) is 5. The van der Waals surface area contributed by atoms with Gasteiger partial charge in [0.1, 0.15) is 0 Å². The number of nitrogens with zero attached hydrogens (tertiary/aromatic N) is 1. The zero-order valence-corrected chi connectivity index (χ0v) is 17.1. The Kier molecular flexibility index (Phi) is 6.07. The molecule has 0 unspecified atom stereocenters. The van der Waals surface area contributed by atoms with Crippen molar-refractivity contribution in [3.05, 3.63) is 76.6 Å². The number of rotatable bonds is 6. The number of benzene rings is 2. The summed E-state index contributed by atoms with van der Waals surface area (Å²) in [5, 5.41) is 5.62. The van der Waals surface area contributed by atoms with Crippen LogP contribution >= 0.6 is 22.6 Å². The lowest BCUT2D eigenvalue weighted by atomic mass is 10.3. The van der Waals surface area contributed by atoms with Gasteiger partial charge >= 0.3 is 0 Å². The molecule has 138 valence electrons. The second-order valence-corrected chi connectivity index (χ2v) is 8.76. The number of hydrogen-bond donors (Lipinski definition) is 2. The monoisotopic (exact) mass is 493 g/mol. The number of halogens is 1. The first-order valence-electron chi connectivity index (χ1n) is 8.00. The van der Waals surface area contributed by atoms with Crippen LogP contribution in [0.15, 0.2) is 82.8 Å². The molecule has 0 radical (unpaired) electrons. The van der Waals surface area contributed by atoms with Gasteiger partial charge in [0.25, 0.3) is 0 Å². The molecule has 2 aromatic carbocycles. The third-order valence-corrected chi connectivity index (χ3v) is 6.15. The van der Waals surface area contributed by atoms with Crippen LogP contribution in [0.5, 0.6) is 0 Å². The van der Waals surface area contributed by atoms with Gasteiger partial charge in [0.15, 0.2) is 0 Å². The van der Waals surface area contributed by atoms with Crippen molar-refractivity contribution < 1.29 is 13.2 Å². The molecule has 0 atom stereocenters. The minimum atomic E-state index is -3.71. The number of amides is 1. The highest BCUT2D eigenvalue weighted by atomic mass is 127. The maximum Gasteiger partial charge on any atom is 0.243 e. The summed E-state index contributed by atoms with van der Waals surface area (Å²) in [6.45, 7) is -0.0766. The van der Waals surface area contributed by atoms with Crippen LogP contribution in [0.3, 0.4) is 0 Å². The first-order chi connectivity index (χ1) is 13.0. The Morgan fingerprint density at radius 3 is 2.52 bits per heavy atom. The summed E-state index contributed by atoms with van der Waals surface area (Å²) in [6, 6.07) is 16.7. The van der Waals surface area contributed by atoms with Crippen LogP contribution in [0.2, 0.25) is 0 Å². The summed E-state index contributed by atoms with van der Waals surface area (Å²) in [4.78, 5) is 16.4. The molecular weight excluding hydrogens is 477 g/mol. The molecule has 1 heterocycles. The Morgan fingerprint density at radius 2 is 1.81 bits per heavy atom. The average Bonchev–Trinajstić information content (AvgIpc) is 2.68. The number of pyridine rings is 1. The molecule has 0 saturated carbocycles. The van der Waals surface area contributed by atoms with Crippen LogP contribution in [0.25, 0.3) is 0 Å². The fourth-order valence-electron chi connectivity index (χ4n) is 2.41. The van der Waals surface area contributed by atoms with Crippen LogP contribution < -0.4 is 10.6 Å². The SMILES string of the molecule is O=C(CNc1ccc(I)cc1S(=O)(=O)c1ccccc1)Nc1cccnc1. The van der Waals surface area contributed by atoms with Gasteiger partial charge in [0.2, 0.25) is 15.7 Å². The summed E-state index contributed by atoms with van der Waals surface area (Å²) in [5.74, 6) is -0.301. The molecule has 0 bridgehead atoms. The van der Waals surface area contributed by atoms with E-state index < -0.39 is 9.84 Å². The summed E-state index contributed by atoms with van der Waals surface area (Å²) in [6.07, 6.45) is 3.15. The molecule has 1 aromatic heterocycles. The van der Waals surface area contributed by atoms with Crippen molar-refractivity contribution in [1.82, 2.24) is 4.98 Å². The molecule has 0 spiro atoms. The van der Waals surface area contributed by atoms with Gasteiger partial charge in [0.05, 0.1) is 33.9 Å². The Hall–Kier alpha value is -2.46. The Balaban J connectivity index is 1.82. The van der Waals surface area contributed by atoms with Crippen molar-refractivity contribution in [3.63, 3.8) is 0 Å². The van der Waals surface area contributed by atoms with Gasteiger partial charge in [-0.25, -0.2) is 8.42 Å². The predicted molar refractivity (Wildman–Crippen MR) is 112 cm³/mol. The summed E-state index contributed by atoms with van der Waals surface area (Å²) < 4.78 is 26.8. The van der Waals surface area contributed by atoms with Gasteiger partial charge in [-0.3, -0.25) is 9.78 Å². The molecule has 0 fully saturated rings. The standard InChI is InChI=1S/C19H16IN3O3S/c20-14-8-9-17(22-13-19(24)23-15-5-4-10-21-12-15)18(11-14)27(25,26)16-6-2-1-3-7-16/h1-12,22H,13H2,(H,23,24). The van der Waals surface area contributed by atoms with E-state index in [-0.39, 0.29) is 22.2 Å². The van der Waals surface area contributed by atoms with E-state index in [1.165, 1.54) is 6.20 Å². The van der Waals surface area contributed by atoms with E-state index in [0.717, 1.165) is 3.57 Å². The van der Waals surface area contributed by atoms with Gasteiger partial charge in [-0.05, 0) is 65.1 Å². The van der Waals surface area contributed by atoms with Crippen molar-refractivity contribution in [2.24, 2.45) is 0 Å². The third kappa shape index (κ3) is 4.83. The van der Waals surface area contributed by atoms with E-state index in [0.29, 0.717) is 11.4 Å². The van der Waals surface area contributed by atoms with Crippen LogP contribution in [0, 0.1) is 3.57 Å². The first kappa shape index (κ1) is 19.3. The van der Waals surface area contributed by atoms with Gasteiger partial charge in [-0.1, -0.05) is 18.2 Å². The third-order valence-electron chi connectivity index (χ3n) is 3.67. The lowest BCUT2D eigenvalue weighted by Gasteiger charge is -2.13. The zero-order chi connectivity index (χ0) is 19.3. The van der Waals surface area contributed by atoms with E-state index in [4.69, 9.17) is 0 Å². The molecule has 0 saturated heterocycles. The van der Waals surface area contributed by atoms with Crippen molar-refractivity contribution in [2.75, 3.05) is 17.2 Å². The van der Waals surface area contributed by atoms with Crippen LogP contribution in [0.1, 0.15) is 0 Å². The average molecular weight is 493 g/mol. The number of carbonyl (C=O) groups excluding carboxylic acids is 1. The molecule has 27 heavy (non-hydrogen) atoms. The van der Waals surface area contributed by atoms with Gasteiger partial charge < -0.3 is 10.6 Å². The van der Waals surface area contributed by atoms with Crippen molar-refractivity contribution in [2.45, 2.75) is 9.79 Å². The van der Waals surface area contributed by atoms with Gasteiger partial charge in [-0.2, -0.15) is 0 Å². The van der Waals surface area contributed by atoms with Crippen LogP contribution in [-0.4, -0.2) is 25.9 Å². The van der Waals surface area contributed by atoms with Crippen molar-refractivity contribution in [3.8, 4) is 0 Å². The fourth-order valence-corrected chi connectivity index (χ4v) is 4.59. The molecule has 2 N–H and O–H groups in total. The summed E-state index contributed by atoms with van der Waals surface area (Å²) in [5.41, 5.74) is 0.949. The van der Waals surface area contributed by atoms with Gasteiger partial charge in [0, 0.05) is 9.77 Å². The Bertz CT molecular complexity index is 1040. The number of sulfone groups is 1. The lowest BCUT2D eigenvalue weighted by Crippen LogP contribution is -2.22. The van der Waals surface area contributed by atoms with Crippen molar-refractivity contribution >= 4 is 49.7 Å². The molecule has 6 nitrogen and oxygen atoms in total. The number of anilines is 2. The lowest BCUT2D eigenvalue weighted by molar-refractivity contribution is -0.114. The predicted octanol–water partition coefficient (Wildman–Crippen LogP) is 3.57. The first-order valence-corrected chi connectivity index (χ1v) is 10.6. The number of carbonyl (C=O) groups is 1. The highest BCUT2D eigenvalue weighted by Crippen LogP contribution is 2.29. The zero-order valence-electron chi connectivity index (χ0n) is 14.1. The van der Waals surface area contributed by atoms with Crippen molar-refractivity contribution in [1.29, 1.82) is 0 Å². The molecule has 3 rings (SSSR count). The van der Waals surface area contributed by atoms with E-state index in [9.17, 15) is 13.2 Å². The maximum atomic E-state index is 13.0.